The zero-order valence-electron chi connectivity index (χ0n) is 16.1. The topological polar surface area (TPSA) is 52.6 Å². The Balaban J connectivity index is 2.79. The quantitative estimate of drug-likeness (QED) is 0.482. The van der Waals surface area contributed by atoms with E-state index in [4.69, 9.17) is 9.47 Å². The van der Waals surface area contributed by atoms with Crippen LogP contribution in [0.5, 0.6) is 0 Å². The van der Waals surface area contributed by atoms with Crippen molar-refractivity contribution in [2.45, 2.75) is 79.4 Å². The third-order valence-electron chi connectivity index (χ3n) is 4.86. The number of esters is 2. The second-order valence-corrected chi connectivity index (χ2v) is 7.41. The van der Waals surface area contributed by atoms with E-state index in [-0.39, 0.29) is 36.0 Å². The van der Waals surface area contributed by atoms with Crippen LogP contribution in [0.2, 0.25) is 0 Å². The molecule has 0 saturated heterocycles. The molecule has 4 nitrogen and oxygen atoms in total. The van der Waals surface area contributed by atoms with Crippen LogP contribution in [0.25, 0.3) is 0 Å². The molecule has 4 atom stereocenters. The van der Waals surface area contributed by atoms with Crippen molar-refractivity contribution in [3.63, 3.8) is 0 Å². The molecule has 0 heterocycles. The summed E-state index contributed by atoms with van der Waals surface area (Å²) < 4.78 is 11.4. The highest BCUT2D eigenvalue weighted by molar-refractivity contribution is 5.83. The van der Waals surface area contributed by atoms with Crippen molar-refractivity contribution in [1.82, 2.24) is 0 Å². The minimum absolute atomic E-state index is 0.0980. The van der Waals surface area contributed by atoms with Crippen LogP contribution in [0.3, 0.4) is 0 Å². The number of carbonyl (C=O) groups excluding carboxylic acids is 2. The Bertz CT molecular complexity index is 399. The maximum absolute atomic E-state index is 12.6. The molecule has 0 fully saturated rings. The van der Waals surface area contributed by atoms with E-state index in [1.807, 2.05) is 53.7 Å². The van der Waals surface area contributed by atoms with Crippen LogP contribution in [0.4, 0.5) is 0 Å². The Hall–Kier alpha value is -1.32. The zero-order valence-corrected chi connectivity index (χ0v) is 16.1. The monoisotopic (exact) mass is 338 g/mol. The van der Waals surface area contributed by atoms with E-state index in [2.05, 4.69) is 0 Å². The molecule has 0 aromatic carbocycles. The summed E-state index contributed by atoms with van der Waals surface area (Å²) in [5.41, 5.74) is 0. The summed E-state index contributed by atoms with van der Waals surface area (Å²) >= 11 is 0. The average molecular weight is 338 g/mol. The van der Waals surface area contributed by atoms with E-state index in [1.54, 1.807) is 0 Å². The van der Waals surface area contributed by atoms with E-state index in [0.29, 0.717) is 12.8 Å². The summed E-state index contributed by atoms with van der Waals surface area (Å²) in [7, 11) is 0. The Labute approximate surface area is 147 Å². The molecule has 0 amide bonds. The van der Waals surface area contributed by atoms with Gasteiger partial charge in [-0.1, -0.05) is 53.7 Å². The molecule has 0 bridgehead atoms. The molecule has 0 spiro atoms. The largest absolute Gasteiger partial charge is 0.462 e. The van der Waals surface area contributed by atoms with Crippen LogP contribution in [0.15, 0.2) is 12.2 Å². The SMILES string of the molecule is CCC(OC(=O)C1CC=CCC1C(=O)OC(CC)C(C)C)C(C)C. The number of rotatable bonds is 8. The van der Waals surface area contributed by atoms with Gasteiger partial charge in [0.15, 0.2) is 0 Å². The molecule has 1 aliphatic rings. The first kappa shape index (κ1) is 20.7. The smallest absolute Gasteiger partial charge is 0.310 e. The maximum Gasteiger partial charge on any atom is 0.310 e. The van der Waals surface area contributed by atoms with E-state index in [9.17, 15) is 9.59 Å². The molecular formula is C20H34O4. The highest BCUT2D eigenvalue weighted by atomic mass is 16.6. The lowest BCUT2D eigenvalue weighted by Crippen LogP contribution is -2.38. The molecule has 4 heteroatoms. The highest BCUT2D eigenvalue weighted by Gasteiger charge is 2.38. The lowest BCUT2D eigenvalue weighted by Gasteiger charge is -2.30. The van der Waals surface area contributed by atoms with E-state index >= 15 is 0 Å². The van der Waals surface area contributed by atoms with Crippen LogP contribution in [-0.4, -0.2) is 24.1 Å². The number of hydrogen-bond donors (Lipinski definition) is 0. The fourth-order valence-electron chi connectivity index (χ4n) is 3.19. The first-order valence-electron chi connectivity index (χ1n) is 9.37. The first-order valence-corrected chi connectivity index (χ1v) is 9.37. The van der Waals surface area contributed by atoms with Gasteiger partial charge in [0.1, 0.15) is 12.2 Å². The Kier molecular flexibility index (Phi) is 8.51. The average Bonchev–Trinajstić information content (AvgIpc) is 2.56. The van der Waals surface area contributed by atoms with Crippen molar-refractivity contribution in [2.24, 2.45) is 23.7 Å². The van der Waals surface area contributed by atoms with Gasteiger partial charge in [-0.3, -0.25) is 9.59 Å². The summed E-state index contributed by atoms with van der Waals surface area (Å²) in [6.07, 6.45) is 6.39. The number of carbonyl (C=O) groups is 2. The van der Waals surface area contributed by atoms with E-state index in [0.717, 1.165) is 12.8 Å². The van der Waals surface area contributed by atoms with Gasteiger partial charge < -0.3 is 9.47 Å². The molecule has 0 N–H and O–H groups in total. The molecule has 0 aromatic rings. The summed E-state index contributed by atoms with van der Waals surface area (Å²) in [5.74, 6) is -0.846. The summed E-state index contributed by atoms with van der Waals surface area (Å²) in [6.45, 7) is 12.2. The number of hydrogen-bond acceptors (Lipinski definition) is 4. The molecule has 0 aliphatic heterocycles. The third kappa shape index (κ3) is 5.64. The third-order valence-corrected chi connectivity index (χ3v) is 4.86. The van der Waals surface area contributed by atoms with Gasteiger partial charge >= 0.3 is 11.9 Å². The molecule has 24 heavy (non-hydrogen) atoms. The standard InChI is InChI=1S/C20H34O4/c1-7-17(13(3)4)23-19(21)15-11-9-10-12-16(15)20(22)24-18(8-2)14(5)6/h9-10,13-18H,7-8,11-12H2,1-6H3. The van der Waals surface area contributed by atoms with Gasteiger partial charge in [-0.25, -0.2) is 0 Å². The van der Waals surface area contributed by atoms with Crippen molar-refractivity contribution < 1.29 is 19.1 Å². The molecule has 1 aliphatic carbocycles. The second kappa shape index (κ2) is 9.85. The van der Waals surface area contributed by atoms with Gasteiger partial charge in [0.05, 0.1) is 11.8 Å². The van der Waals surface area contributed by atoms with E-state index in [1.165, 1.54) is 0 Å². The predicted octanol–water partition coefficient (Wildman–Crippen LogP) is 4.52. The minimum Gasteiger partial charge on any atom is -0.462 e. The maximum atomic E-state index is 12.6. The van der Waals surface area contributed by atoms with Crippen molar-refractivity contribution in [3.8, 4) is 0 Å². The van der Waals surface area contributed by atoms with Crippen molar-refractivity contribution in [2.75, 3.05) is 0 Å². The van der Waals surface area contributed by atoms with Gasteiger partial charge in [0.25, 0.3) is 0 Å². The molecule has 1 rings (SSSR count). The van der Waals surface area contributed by atoms with Gasteiger partial charge in [0, 0.05) is 0 Å². The van der Waals surface area contributed by atoms with E-state index < -0.39 is 11.8 Å². The molecule has 138 valence electrons. The molecule has 0 saturated carbocycles. The molecule has 0 aromatic heterocycles. The zero-order chi connectivity index (χ0) is 18.3. The Morgan fingerprint density at radius 2 is 1.17 bits per heavy atom. The van der Waals surface area contributed by atoms with Crippen molar-refractivity contribution >= 4 is 11.9 Å². The first-order chi connectivity index (χ1) is 11.3. The Morgan fingerprint density at radius 3 is 1.42 bits per heavy atom. The van der Waals surface area contributed by atoms with Crippen LogP contribution in [-0.2, 0) is 19.1 Å². The van der Waals surface area contributed by atoms with Gasteiger partial charge in [-0.05, 0) is 37.5 Å². The predicted molar refractivity (Wildman–Crippen MR) is 95.4 cm³/mol. The van der Waals surface area contributed by atoms with Crippen LogP contribution in [0, 0.1) is 23.7 Å². The van der Waals surface area contributed by atoms with Gasteiger partial charge in [0.2, 0.25) is 0 Å². The van der Waals surface area contributed by atoms with Crippen LogP contribution < -0.4 is 0 Å². The minimum atomic E-state index is -0.431. The van der Waals surface area contributed by atoms with Crippen molar-refractivity contribution in [1.29, 1.82) is 0 Å². The second-order valence-electron chi connectivity index (χ2n) is 7.41. The van der Waals surface area contributed by atoms with Crippen LogP contribution >= 0.6 is 0 Å². The summed E-state index contributed by atoms with van der Waals surface area (Å²) in [6, 6.07) is 0. The molecule has 4 unspecified atom stereocenters. The van der Waals surface area contributed by atoms with Crippen LogP contribution in [0.1, 0.15) is 67.2 Å². The highest BCUT2D eigenvalue weighted by Crippen LogP contribution is 2.30. The summed E-state index contributed by atoms with van der Waals surface area (Å²) in [4.78, 5) is 25.2. The molecular weight excluding hydrogens is 304 g/mol. The fourth-order valence-corrected chi connectivity index (χ4v) is 3.19. The van der Waals surface area contributed by atoms with Gasteiger partial charge in [-0.15, -0.1) is 0 Å². The summed E-state index contributed by atoms with van der Waals surface area (Å²) in [5, 5.41) is 0. The molecule has 0 radical (unpaired) electrons. The van der Waals surface area contributed by atoms with Crippen molar-refractivity contribution in [3.05, 3.63) is 12.2 Å². The van der Waals surface area contributed by atoms with Gasteiger partial charge in [-0.2, -0.15) is 0 Å². The lowest BCUT2D eigenvalue weighted by molar-refractivity contribution is -0.169. The normalized spacial score (nSPS) is 23.2. The lowest BCUT2D eigenvalue weighted by atomic mass is 9.83. The number of allylic oxidation sites excluding steroid dienone is 2. The fraction of sp³-hybridized carbons (Fsp3) is 0.800. The Morgan fingerprint density at radius 1 is 0.833 bits per heavy atom. The number of ether oxygens (including phenoxy) is 2.